The van der Waals surface area contributed by atoms with E-state index in [1.165, 1.54) is 10.6 Å². The third-order valence-electron chi connectivity index (χ3n) is 6.54. The van der Waals surface area contributed by atoms with Crippen molar-refractivity contribution in [3.05, 3.63) is 88.4 Å². The molecule has 3 aromatic carbocycles. The van der Waals surface area contributed by atoms with Gasteiger partial charge in [-0.2, -0.15) is 0 Å². The van der Waals surface area contributed by atoms with Crippen molar-refractivity contribution in [1.29, 1.82) is 0 Å². The smallest absolute Gasteiger partial charge is 0.253 e. The average molecular weight is 542 g/mol. The standard InChI is InChI=1S/C27H28ClN3O5S/c1-37(33,34)31(18-20-2-7-23(28)8-3-20)24-9-5-22(6-10-24)27(32)30-14-12-29(13-15-30)17-21-4-11-25-26(16-21)36-19-35-25/h2-11,16H,12-15,17-19H2,1H3. The summed E-state index contributed by atoms with van der Waals surface area (Å²) in [6.45, 7) is 3.99. The molecule has 3 aromatic rings. The predicted molar refractivity (Wildman–Crippen MR) is 143 cm³/mol. The van der Waals surface area contributed by atoms with E-state index in [1.54, 1.807) is 48.5 Å². The number of ether oxygens (including phenoxy) is 2. The summed E-state index contributed by atoms with van der Waals surface area (Å²) in [5.74, 6) is 1.49. The van der Waals surface area contributed by atoms with Gasteiger partial charge in [0.05, 0.1) is 18.5 Å². The van der Waals surface area contributed by atoms with E-state index in [-0.39, 0.29) is 19.2 Å². The molecule has 0 spiro atoms. The van der Waals surface area contributed by atoms with Gasteiger partial charge in [0.1, 0.15) is 0 Å². The van der Waals surface area contributed by atoms with E-state index >= 15 is 0 Å². The first-order chi connectivity index (χ1) is 17.8. The van der Waals surface area contributed by atoms with E-state index in [2.05, 4.69) is 4.90 Å². The van der Waals surface area contributed by atoms with Crippen LogP contribution in [0.2, 0.25) is 5.02 Å². The summed E-state index contributed by atoms with van der Waals surface area (Å²) in [6.07, 6.45) is 1.17. The molecule has 194 valence electrons. The van der Waals surface area contributed by atoms with Gasteiger partial charge in [-0.25, -0.2) is 8.42 Å². The maximum Gasteiger partial charge on any atom is 0.253 e. The lowest BCUT2D eigenvalue weighted by atomic mass is 10.1. The molecule has 0 aromatic heterocycles. The van der Waals surface area contributed by atoms with Crippen LogP contribution in [0.1, 0.15) is 21.5 Å². The van der Waals surface area contributed by atoms with Crippen molar-refractivity contribution in [2.75, 3.05) is 43.5 Å². The quantitative estimate of drug-likeness (QED) is 0.450. The van der Waals surface area contributed by atoms with Crippen molar-refractivity contribution < 1.29 is 22.7 Å². The Morgan fingerprint density at radius 2 is 1.54 bits per heavy atom. The molecule has 1 amide bonds. The predicted octanol–water partition coefficient (Wildman–Crippen LogP) is 3.99. The average Bonchev–Trinajstić information content (AvgIpc) is 3.36. The summed E-state index contributed by atoms with van der Waals surface area (Å²) in [5, 5.41) is 0.589. The molecular weight excluding hydrogens is 514 g/mol. The first-order valence-corrected chi connectivity index (χ1v) is 14.2. The van der Waals surface area contributed by atoms with Crippen molar-refractivity contribution in [2.24, 2.45) is 0 Å². The van der Waals surface area contributed by atoms with Crippen LogP contribution in [0.4, 0.5) is 5.69 Å². The normalized spacial score (nSPS) is 15.6. The molecule has 0 aliphatic carbocycles. The zero-order valence-electron chi connectivity index (χ0n) is 20.5. The summed E-state index contributed by atoms with van der Waals surface area (Å²) in [6, 6.07) is 19.8. The Morgan fingerprint density at radius 3 is 2.22 bits per heavy atom. The molecule has 8 nitrogen and oxygen atoms in total. The minimum absolute atomic E-state index is 0.0575. The van der Waals surface area contributed by atoms with E-state index in [0.717, 1.165) is 42.3 Å². The van der Waals surface area contributed by atoms with Crippen LogP contribution >= 0.6 is 11.6 Å². The van der Waals surface area contributed by atoms with Gasteiger partial charge >= 0.3 is 0 Å². The zero-order valence-corrected chi connectivity index (χ0v) is 22.0. The number of nitrogens with zero attached hydrogens (tertiary/aromatic N) is 3. The lowest BCUT2D eigenvalue weighted by Gasteiger charge is -2.35. The molecule has 10 heteroatoms. The van der Waals surface area contributed by atoms with Crippen LogP contribution in [0.3, 0.4) is 0 Å². The van der Waals surface area contributed by atoms with Crippen molar-refractivity contribution in [1.82, 2.24) is 9.80 Å². The van der Waals surface area contributed by atoms with Crippen LogP contribution in [0, 0.1) is 0 Å². The van der Waals surface area contributed by atoms with Crippen molar-refractivity contribution in [3.8, 4) is 11.5 Å². The second-order valence-corrected chi connectivity index (χ2v) is 11.5. The maximum atomic E-state index is 13.1. The highest BCUT2D eigenvalue weighted by molar-refractivity contribution is 7.92. The highest BCUT2D eigenvalue weighted by Crippen LogP contribution is 2.33. The number of piperazine rings is 1. The van der Waals surface area contributed by atoms with Crippen LogP contribution in [0.5, 0.6) is 11.5 Å². The van der Waals surface area contributed by atoms with Gasteiger partial charge in [0, 0.05) is 43.3 Å². The molecule has 0 radical (unpaired) electrons. The van der Waals surface area contributed by atoms with E-state index in [9.17, 15) is 13.2 Å². The molecule has 1 saturated heterocycles. The molecule has 0 atom stereocenters. The van der Waals surface area contributed by atoms with Gasteiger partial charge in [-0.3, -0.25) is 14.0 Å². The van der Waals surface area contributed by atoms with Gasteiger partial charge in [-0.05, 0) is 59.7 Å². The highest BCUT2D eigenvalue weighted by atomic mass is 35.5. The topological polar surface area (TPSA) is 79.4 Å². The number of benzene rings is 3. The van der Waals surface area contributed by atoms with Gasteiger partial charge in [0.15, 0.2) is 11.5 Å². The number of anilines is 1. The number of hydrogen-bond donors (Lipinski definition) is 0. The molecule has 0 unspecified atom stereocenters. The van der Waals surface area contributed by atoms with E-state index < -0.39 is 10.0 Å². The molecule has 0 N–H and O–H groups in total. The molecule has 0 saturated carbocycles. The number of carbonyl (C=O) groups excluding carboxylic acids is 1. The Kier molecular flexibility index (Phi) is 7.28. The van der Waals surface area contributed by atoms with Gasteiger partial charge < -0.3 is 14.4 Å². The lowest BCUT2D eigenvalue weighted by Crippen LogP contribution is -2.48. The van der Waals surface area contributed by atoms with Crippen LogP contribution in [0.25, 0.3) is 0 Å². The fraction of sp³-hybridized carbons (Fsp3) is 0.296. The third kappa shape index (κ3) is 6.01. The van der Waals surface area contributed by atoms with E-state index in [0.29, 0.717) is 29.4 Å². The van der Waals surface area contributed by atoms with Crippen LogP contribution < -0.4 is 13.8 Å². The van der Waals surface area contributed by atoms with Crippen LogP contribution in [0.15, 0.2) is 66.7 Å². The van der Waals surface area contributed by atoms with Gasteiger partial charge in [0.2, 0.25) is 16.8 Å². The Morgan fingerprint density at radius 1 is 0.892 bits per heavy atom. The number of fused-ring (bicyclic) bond motifs is 1. The van der Waals surface area contributed by atoms with E-state index in [4.69, 9.17) is 21.1 Å². The largest absolute Gasteiger partial charge is 0.454 e. The molecule has 2 aliphatic heterocycles. The maximum absolute atomic E-state index is 13.1. The number of amides is 1. The summed E-state index contributed by atoms with van der Waals surface area (Å²) in [4.78, 5) is 17.3. The van der Waals surface area contributed by atoms with Crippen molar-refractivity contribution in [3.63, 3.8) is 0 Å². The van der Waals surface area contributed by atoms with Crippen molar-refractivity contribution >= 4 is 33.2 Å². The Labute approximate surface area is 222 Å². The summed E-state index contributed by atoms with van der Waals surface area (Å²) in [7, 11) is -3.53. The fourth-order valence-electron chi connectivity index (χ4n) is 4.52. The summed E-state index contributed by atoms with van der Waals surface area (Å²) in [5.41, 5.74) is 3.00. The highest BCUT2D eigenvalue weighted by Gasteiger charge is 2.24. The van der Waals surface area contributed by atoms with Crippen LogP contribution in [-0.2, 0) is 23.1 Å². The number of rotatable bonds is 7. The molecule has 5 rings (SSSR count). The van der Waals surface area contributed by atoms with Crippen molar-refractivity contribution in [2.45, 2.75) is 13.1 Å². The molecule has 2 heterocycles. The second-order valence-electron chi connectivity index (χ2n) is 9.20. The Bertz CT molecular complexity index is 1370. The monoisotopic (exact) mass is 541 g/mol. The minimum Gasteiger partial charge on any atom is -0.454 e. The Balaban J connectivity index is 1.20. The number of sulfonamides is 1. The van der Waals surface area contributed by atoms with Crippen LogP contribution in [-0.4, -0.2) is 63.4 Å². The number of halogens is 1. The minimum atomic E-state index is -3.53. The lowest BCUT2D eigenvalue weighted by molar-refractivity contribution is 0.0628. The number of hydrogen-bond acceptors (Lipinski definition) is 6. The van der Waals surface area contributed by atoms with Gasteiger partial charge in [-0.15, -0.1) is 0 Å². The van der Waals surface area contributed by atoms with E-state index in [1.807, 2.05) is 23.1 Å². The molecule has 2 aliphatic rings. The molecule has 1 fully saturated rings. The SMILES string of the molecule is CS(=O)(=O)N(Cc1ccc(Cl)cc1)c1ccc(C(=O)N2CCN(Cc3ccc4c(c3)OCO4)CC2)cc1. The first-order valence-electron chi connectivity index (χ1n) is 12.0. The fourth-order valence-corrected chi connectivity index (χ4v) is 5.53. The summed E-state index contributed by atoms with van der Waals surface area (Å²) >= 11 is 5.95. The second kappa shape index (κ2) is 10.6. The Hall–Kier alpha value is -3.27. The molecule has 37 heavy (non-hydrogen) atoms. The third-order valence-corrected chi connectivity index (χ3v) is 7.94. The number of carbonyl (C=O) groups is 1. The van der Waals surface area contributed by atoms with Gasteiger partial charge in [-0.1, -0.05) is 29.8 Å². The van der Waals surface area contributed by atoms with Gasteiger partial charge in [0.25, 0.3) is 5.91 Å². The summed E-state index contributed by atoms with van der Waals surface area (Å²) < 4.78 is 37.1. The zero-order chi connectivity index (χ0) is 26.0. The first kappa shape index (κ1) is 25.4. The molecule has 0 bridgehead atoms. The molecular formula is C27H28ClN3O5S.